The second kappa shape index (κ2) is 8.26. The summed E-state index contributed by atoms with van der Waals surface area (Å²) in [5, 5.41) is 22.2. The van der Waals surface area contributed by atoms with Crippen LogP contribution in [0.3, 0.4) is 0 Å². The number of nitrogens with zero attached hydrogens (tertiary/aromatic N) is 2. The molecule has 1 aliphatic heterocycles. The van der Waals surface area contributed by atoms with E-state index in [0.29, 0.717) is 35.0 Å². The Balaban J connectivity index is 1.71. The molecule has 1 aromatic heterocycles. The molecule has 0 fully saturated rings. The van der Waals surface area contributed by atoms with Crippen LogP contribution in [0.2, 0.25) is 0 Å². The Kier molecular flexibility index (Phi) is 5.35. The van der Waals surface area contributed by atoms with Gasteiger partial charge in [-0.15, -0.1) is 0 Å². The number of nitrogens with one attached hydrogen (secondary N) is 2. The van der Waals surface area contributed by atoms with Crippen LogP contribution in [0.4, 0.5) is 11.5 Å². The molecule has 1 atom stereocenters. The van der Waals surface area contributed by atoms with Gasteiger partial charge in [-0.2, -0.15) is 5.10 Å². The Hall–Kier alpha value is -4.14. The zero-order valence-electron chi connectivity index (χ0n) is 20.0. The van der Waals surface area contributed by atoms with Gasteiger partial charge < -0.3 is 14.8 Å². The van der Waals surface area contributed by atoms with Crippen LogP contribution in [-0.2, 0) is 4.79 Å². The van der Waals surface area contributed by atoms with Gasteiger partial charge in [0, 0.05) is 46.9 Å². The predicted octanol–water partition coefficient (Wildman–Crippen LogP) is 5.20. The molecule has 1 aliphatic carbocycles. The normalized spacial score (nSPS) is 18.4. The first-order valence-corrected chi connectivity index (χ1v) is 11.3. The first kappa shape index (κ1) is 22.6. The van der Waals surface area contributed by atoms with E-state index >= 15 is 0 Å². The minimum atomic E-state index is -0.431. The van der Waals surface area contributed by atoms with E-state index in [1.165, 1.54) is 12.1 Å². The standard InChI is InChI=1S/C26H26N4O5/c1-26(2)12-17-22(18(31)13-26)21(15-7-10-19(34-3)20(11-15)35-4)23-24(28-29-25(23)27-17)14-5-8-16(9-6-14)30(32)33/h5-11,21H,12-13H2,1-4H3,(H2,27,28,29). The smallest absolute Gasteiger partial charge is 0.269 e. The number of ether oxygens (including phenoxy) is 2. The summed E-state index contributed by atoms with van der Waals surface area (Å²) in [7, 11) is 3.16. The maximum absolute atomic E-state index is 13.5. The number of allylic oxidation sites excluding steroid dienone is 2. The largest absolute Gasteiger partial charge is 0.493 e. The number of fused-ring (bicyclic) bond motifs is 1. The third-order valence-electron chi connectivity index (χ3n) is 6.68. The van der Waals surface area contributed by atoms with Crippen LogP contribution in [-0.4, -0.2) is 35.1 Å². The summed E-state index contributed by atoms with van der Waals surface area (Å²) in [6.07, 6.45) is 1.16. The average molecular weight is 475 g/mol. The molecule has 3 aromatic rings. The van der Waals surface area contributed by atoms with E-state index in [9.17, 15) is 14.9 Å². The summed E-state index contributed by atoms with van der Waals surface area (Å²) in [6.45, 7) is 4.17. The maximum atomic E-state index is 13.5. The van der Waals surface area contributed by atoms with Crippen LogP contribution in [0.25, 0.3) is 11.3 Å². The number of carbonyl (C=O) groups is 1. The van der Waals surface area contributed by atoms with Crippen molar-refractivity contribution in [2.75, 3.05) is 19.5 Å². The molecule has 0 amide bonds. The zero-order valence-corrected chi connectivity index (χ0v) is 20.0. The number of hydrogen-bond donors (Lipinski definition) is 2. The van der Waals surface area contributed by atoms with E-state index in [1.807, 2.05) is 18.2 Å². The molecule has 2 heterocycles. The fourth-order valence-electron chi connectivity index (χ4n) is 5.13. The van der Waals surface area contributed by atoms with Crippen LogP contribution in [0, 0.1) is 15.5 Å². The van der Waals surface area contributed by atoms with Gasteiger partial charge in [-0.05, 0) is 41.7 Å². The number of carbonyl (C=O) groups excluding carboxylic acids is 1. The topological polar surface area (TPSA) is 119 Å². The van der Waals surface area contributed by atoms with Crippen LogP contribution in [0.15, 0.2) is 53.7 Å². The van der Waals surface area contributed by atoms with Crippen molar-refractivity contribution >= 4 is 17.3 Å². The molecule has 35 heavy (non-hydrogen) atoms. The van der Waals surface area contributed by atoms with Gasteiger partial charge in [0.1, 0.15) is 0 Å². The Morgan fingerprint density at radius 1 is 1.06 bits per heavy atom. The first-order valence-electron chi connectivity index (χ1n) is 11.3. The van der Waals surface area contributed by atoms with Crippen molar-refractivity contribution in [2.24, 2.45) is 5.41 Å². The van der Waals surface area contributed by atoms with Gasteiger partial charge in [-0.3, -0.25) is 20.0 Å². The number of aromatic amines is 1. The summed E-state index contributed by atoms with van der Waals surface area (Å²) in [6, 6.07) is 12.0. The van der Waals surface area contributed by atoms with E-state index in [0.717, 1.165) is 28.8 Å². The van der Waals surface area contributed by atoms with Crippen LogP contribution in [0.5, 0.6) is 11.5 Å². The molecule has 2 aliphatic rings. The molecule has 9 nitrogen and oxygen atoms in total. The third kappa shape index (κ3) is 3.82. The van der Waals surface area contributed by atoms with E-state index < -0.39 is 10.8 Å². The van der Waals surface area contributed by atoms with Crippen LogP contribution >= 0.6 is 0 Å². The van der Waals surface area contributed by atoms with E-state index in [-0.39, 0.29) is 16.9 Å². The first-order chi connectivity index (χ1) is 16.7. The molecule has 0 saturated carbocycles. The number of nitro benzene ring substituents is 1. The molecular weight excluding hydrogens is 448 g/mol. The van der Waals surface area contributed by atoms with E-state index in [1.54, 1.807) is 26.4 Å². The number of methoxy groups -OCH3 is 2. The molecular formula is C26H26N4O5. The van der Waals surface area contributed by atoms with Crippen molar-refractivity contribution in [1.82, 2.24) is 10.2 Å². The van der Waals surface area contributed by atoms with Crippen molar-refractivity contribution in [1.29, 1.82) is 0 Å². The number of H-pyrrole nitrogens is 1. The Labute approximate surface area is 202 Å². The highest BCUT2D eigenvalue weighted by atomic mass is 16.6. The summed E-state index contributed by atoms with van der Waals surface area (Å²) in [4.78, 5) is 24.3. The Morgan fingerprint density at radius 2 is 1.77 bits per heavy atom. The number of Topliss-reactive ketones (excluding diaryl/α,β-unsaturated/α-hetero) is 1. The number of aromatic nitrogens is 2. The molecule has 0 bridgehead atoms. The number of ketones is 1. The van der Waals surface area contributed by atoms with Gasteiger partial charge in [0.2, 0.25) is 0 Å². The fraction of sp³-hybridized carbons (Fsp3) is 0.308. The predicted molar refractivity (Wildman–Crippen MR) is 131 cm³/mol. The SMILES string of the molecule is COc1ccc(C2C3=C(CC(C)(C)CC3=O)Nc3n[nH]c(-c4ccc([N+](=O)[O-])cc4)c32)cc1OC. The van der Waals surface area contributed by atoms with Gasteiger partial charge >= 0.3 is 0 Å². The van der Waals surface area contributed by atoms with Crippen molar-refractivity contribution in [3.63, 3.8) is 0 Å². The van der Waals surface area contributed by atoms with Gasteiger partial charge in [-0.1, -0.05) is 19.9 Å². The highest BCUT2D eigenvalue weighted by molar-refractivity contribution is 6.02. The molecule has 1 unspecified atom stereocenters. The number of anilines is 1. The van der Waals surface area contributed by atoms with Crippen molar-refractivity contribution in [3.05, 3.63) is 75.0 Å². The summed E-state index contributed by atoms with van der Waals surface area (Å²) < 4.78 is 11.0. The molecule has 0 spiro atoms. The number of benzene rings is 2. The molecule has 5 rings (SSSR count). The summed E-state index contributed by atoms with van der Waals surface area (Å²) in [5.41, 5.74) is 4.56. The van der Waals surface area contributed by atoms with Gasteiger partial charge in [0.15, 0.2) is 23.1 Å². The highest BCUT2D eigenvalue weighted by Crippen LogP contribution is 2.51. The molecule has 0 saturated heterocycles. The Morgan fingerprint density at radius 3 is 2.43 bits per heavy atom. The van der Waals surface area contributed by atoms with Crippen molar-refractivity contribution in [3.8, 4) is 22.8 Å². The molecule has 9 heteroatoms. The van der Waals surface area contributed by atoms with Gasteiger partial charge in [0.25, 0.3) is 5.69 Å². The molecule has 2 aromatic carbocycles. The van der Waals surface area contributed by atoms with Crippen LogP contribution in [0.1, 0.15) is 43.7 Å². The number of hydrogen-bond acceptors (Lipinski definition) is 7. The lowest BCUT2D eigenvalue weighted by atomic mass is 9.69. The lowest BCUT2D eigenvalue weighted by Gasteiger charge is -2.38. The van der Waals surface area contributed by atoms with E-state index in [4.69, 9.17) is 9.47 Å². The quantitative estimate of drug-likeness (QED) is 0.385. The minimum absolute atomic E-state index is 0.00591. The second-order valence-corrected chi connectivity index (χ2v) is 9.67. The third-order valence-corrected chi connectivity index (χ3v) is 6.68. The van der Waals surface area contributed by atoms with Gasteiger partial charge in [0.05, 0.1) is 24.8 Å². The van der Waals surface area contributed by atoms with E-state index in [2.05, 4.69) is 29.4 Å². The minimum Gasteiger partial charge on any atom is -0.493 e. The van der Waals surface area contributed by atoms with Gasteiger partial charge in [-0.25, -0.2) is 0 Å². The highest BCUT2D eigenvalue weighted by Gasteiger charge is 2.43. The molecule has 180 valence electrons. The second-order valence-electron chi connectivity index (χ2n) is 9.67. The summed E-state index contributed by atoms with van der Waals surface area (Å²) >= 11 is 0. The maximum Gasteiger partial charge on any atom is 0.269 e. The number of nitro groups is 1. The number of rotatable bonds is 5. The monoisotopic (exact) mass is 474 g/mol. The molecule has 0 radical (unpaired) electrons. The molecule has 2 N–H and O–H groups in total. The average Bonchev–Trinajstić information content (AvgIpc) is 3.25. The number of non-ortho nitro benzene ring substituents is 1. The van der Waals surface area contributed by atoms with Crippen molar-refractivity contribution in [2.45, 2.75) is 32.6 Å². The lowest BCUT2D eigenvalue weighted by Crippen LogP contribution is -2.33. The summed E-state index contributed by atoms with van der Waals surface area (Å²) in [5.74, 6) is 1.50. The lowest BCUT2D eigenvalue weighted by molar-refractivity contribution is -0.384. The Bertz CT molecular complexity index is 1370. The van der Waals surface area contributed by atoms with Crippen LogP contribution < -0.4 is 14.8 Å². The zero-order chi connectivity index (χ0) is 24.9. The van der Waals surface area contributed by atoms with Crippen molar-refractivity contribution < 1.29 is 19.2 Å². The fourth-order valence-corrected chi connectivity index (χ4v) is 5.13.